The number of hydrogen-bond acceptors (Lipinski definition) is 3. The number of pyridine rings is 1. The molecule has 1 atom stereocenters. The van der Waals surface area contributed by atoms with Gasteiger partial charge in [-0.05, 0) is 35.6 Å². The minimum absolute atomic E-state index is 0. The number of aliphatic hydroxyl groups excluding tert-OH is 1. The molecule has 1 aromatic carbocycles. The smallest absolute Gasteiger partial charge is 0.191 e. The van der Waals surface area contributed by atoms with Crippen molar-refractivity contribution in [2.45, 2.75) is 45.8 Å². The zero-order chi connectivity index (χ0) is 19.0. The number of benzene rings is 1. The van der Waals surface area contributed by atoms with Gasteiger partial charge in [0, 0.05) is 19.3 Å². The number of hydrogen-bond donors (Lipinski definition) is 3. The highest BCUT2D eigenvalue weighted by atomic mass is 127. The Balaban J connectivity index is 0.00000364. The minimum Gasteiger partial charge on any atom is -0.387 e. The molecule has 0 radical (unpaired) electrons. The Labute approximate surface area is 179 Å². The Morgan fingerprint density at radius 3 is 2.37 bits per heavy atom. The Kier molecular flexibility index (Phi) is 9.73. The third-order valence-electron chi connectivity index (χ3n) is 4.09. The van der Waals surface area contributed by atoms with E-state index in [1.165, 1.54) is 5.56 Å². The SMILES string of the molecule is CCNC(=NCc1ccccn1)NCC(O)c1ccc(C(C)(C)C)cc1.I. The first-order valence-electron chi connectivity index (χ1n) is 9.10. The Morgan fingerprint density at radius 2 is 1.81 bits per heavy atom. The monoisotopic (exact) mass is 482 g/mol. The molecule has 6 heteroatoms. The molecule has 3 N–H and O–H groups in total. The van der Waals surface area contributed by atoms with Gasteiger partial charge in [-0.15, -0.1) is 24.0 Å². The number of aliphatic imine (C=N–C) groups is 1. The molecule has 0 spiro atoms. The van der Waals surface area contributed by atoms with Gasteiger partial charge in [-0.25, -0.2) is 4.99 Å². The number of nitrogens with one attached hydrogen (secondary N) is 2. The lowest BCUT2D eigenvalue weighted by atomic mass is 9.86. The number of aromatic nitrogens is 1. The number of guanidine groups is 1. The zero-order valence-electron chi connectivity index (χ0n) is 16.6. The van der Waals surface area contributed by atoms with Gasteiger partial charge in [-0.2, -0.15) is 0 Å². The van der Waals surface area contributed by atoms with Crippen LogP contribution >= 0.6 is 24.0 Å². The molecule has 2 rings (SSSR count). The summed E-state index contributed by atoms with van der Waals surface area (Å²) < 4.78 is 0. The van der Waals surface area contributed by atoms with Crippen molar-refractivity contribution in [3.63, 3.8) is 0 Å². The summed E-state index contributed by atoms with van der Waals surface area (Å²) in [6.07, 6.45) is 1.17. The van der Waals surface area contributed by atoms with Gasteiger partial charge in [0.25, 0.3) is 0 Å². The highest BCUT2D eigenvalue weighted by Crippen LogP contribution is 2.23. The van der Waals surface area contributed by atoms with E-state index in [0.29, 0.717) is 19.0 Å². The van der Waals surface area contributed by atoms with Crippen molar-refractivity contribution >= 4 is 29.9 Å². The Hall–Kier alpha value is -1.67. The fourth-order valence-corrected chi connectivity index (χ4v) is 2.51. The predicted octanol–water partition coefficient (Wildman–Crippen LogP) is 3.79. The first-order chi connectivity index (χ1) is 12.4. The van der Waals surface area contributed by atoms with E-state index < -0.39 is 6.10 Å². The summed E-state index contributed by atoms with van der Waals surface area (Å²) in [5.74, 6) is 0.670. The normalized spacial score (nSPS) is 12.9. The maximum absolute atomic E-state index is 10.5. The van der Waals surface area contributed by atoms with E-state index in [1.807, 2.05) is 37.3 Å². The van der Waals surface area contributed by atoms with Crippen molar-refractivity contribution in [1.29, 1.82) is 0 Å². The van der Waals surface area contributed by atoms with Crippen LogP contribution in [0.4, 0.5) is 0 Å². The summed E-state index contributed by atoms with van der Waals surface area (Å²) in [7, 11) is 0. The number of rotatable bonds is 6. The zero-order valence-corrected chi connectivity index (χ0v) is 18.9. The van der Waals surface area contributed by atoms with Crippen molar-refractivity contribution in [2.24, 2.45) is 4.99 Å². The van der Waals surface area contributed by atoms with E-state index in [2.05, 4.69) is 53.5 Å². The van der Waals surface area contributed by atoms with Gasteiger partial charge in [0.1, 0.15) is 0 Å². The molecule has 1 aromatic heterocycles. The molecule has 148 valence electrons. The average Bonchev–Trinajstić information content (AvgIpc) is 2.64. The maximum atomic E-state index is 10.5. The summed E-state index contributed by atoms with van der Waals surface area (Å²) in [4.78, 5) is 8.79. The third-order valence-corrected chi connectivity index (χ3v) is 4.09. The topological polar surface area (TPSA) is 69.5 Å². The van der Waals surface area contributed by atoms with Gasteiger partial charge >= 0.3 is 0 Å². The van der Waals surface area contributed by atoms with E-state index in [0.717, 1.165) is 17.8 Å². The minimum atomic E-state index is -0.595. The lowest BCUT2D eigenvalue weighted by Crippen LogP contribution is -2.39. The van der Waals surface area contributed by atoms with Crippen molar-refractivity contribution < 1.29 is 5.11 Å². The van der Waals surface area contributed by atoms with E-state index in [1.54, 1.807) is 6.20 Å². The summed E-state index contributed by atoms with van der Waals surface area (Å²) in [6.45, 7) is 10.2. The summed E-state index contributed by atoms with van der Waals surface area (Å²) in [5, 5.41) is 16.8. The Bertz CT molecular complexity index is 696. The summed E-state index contributed by atoms with van der Waals surface area (Å²) >= 11 is 0. The van der Waals surface area contributed by atoms with Crippen LogP contribution in [-0.4, -0.2) is 29.1 Å². The number of halogens is 1. The largest absolute Gasteiger partial charge is 0.387 e. The van der Waals surface area contributed by atoms with Crippen LogP contribution in [0.3, 0.4) is 0 Å². The van der Waals surface area contributed by atoms with Gasteiger partial charge in [-0.3, -0.25) is 4.98 Å². The molecule has 5 nitrogen and oxygen atoms in total. The van der Waals surface area contributed by atoms with Gasteiger partial charge in [0.15, 0.2) is 5.96 Å². The fourth-order valence-electron chi connectivity index (χ4n) is 2.51. The quantitative estimate of drug-likeness (QED) is 0.333. The van der Waals surface area contributed by atoms with Crippen LogP contribution in [0.2, 0.25) is 0 Å². The molecule has 0 fully saturated rings. The van der Waals surface area contributed by atoms with Crippen LogP contribution < -0.4 is 10.6 Å². The van der Waals surface area contributed by atoms with Crippen LogP contribution in [0.25, 0.3) is 0 Å². The lowest BCUT2D eigenvalue weighted by Gasteiger charge is -2.20. The molecular formula is C21H31IN4O. The molecule has 27 heavy (non-hydrogen) atoms. The van der Waals surface area contributed by atoms with Gasteiger partial charge in [-0.1, -0.05) is 51.1 Å². The van der Waals surface area contributed by atoms with Crippen molar-refractivity contribution in [3.05, 3.63) is 65.5 Å². The number of aliphatic hydroxyl groups is 1. The second-order valence-electron chi connectivity index (χ2n) is 7.28. The van der Waals surface area contributed by atoms with E-state index in [-0.39, 0.29) is 29.4 Å². The third kappa shape index (κ3) is 7.84. The van der Waals surface area contributed by atoms with Crippen LogP contribution in [0, 0.1) is 0 Å². The molecule has 0 bridgehead atoms. The van der Waals surface area contributed by atoms with Crippen LogP contribution in [0.5, 0.6) is 0 Å². The number of nitrogens with zero attached hydrogens (tertiary/aromatic N) is 2. The second kappa shape index (κ2) is 11.2. The highest BCUT2D eigenvalue weighted by molar-refractivity contribution is 14.0. The summed E-state index contributed by atoms with van der Waals surface area (Å²) in [6, 6.07) is 13.9. The standard InChI is InChI=1S/C21H30N4O.HI/c1-5-22-20(24-14-18-8-6-7-13-23-18)25-15-19(26)16-9-11-17(12-10-16)21(2,3)4;/h6-13,19,26H,5,14-15H2,1-4H3,(H2,22,24,25);1H. The first-order valence-corrected chi connectivity index (χ1v) is 9.10. The average molecular weight is 482 g/mol. The van der Waals surface area contributed by atoms with E-state index in [4.69, 9.17) is 0 Å². The van der Waals surface area contributed by atoms with Gasteiger partial charge in [0.2, 0.25) is 0 Å². The molecule has 0 amide bonds. The summed E-state index contributed by atoms with van der Waals surface area (Å²) in [5.41, 5.74) is 3.17. The van der Waals surface area contributed by atoms with Crippen molar-refractivity contribution in [1.82, 2.24) is 15.6 Å². The maximum Gasteiger partial charge on any atom is 0.191 e. The molecule has 0 saturated carbocycles. The molecule has 0 saturated heterocycles. The van der Waals surface area contributed by atoms with E-state index in [9.17, 15) is 5.11 Å². The Morgan fingerprint density at radius 1 is 1.11 bits per heavy atom. The lowest BCUT2D eigenvalue weighted by molar-refractivity contribution is 0.181. The van der Waals surface area contributed by atoms with Crippen LogP contribution in [0.1, 0.15) is 50.6 Å². The molecule has 0 aliphatic rings. The van der Waals surface area contributed by atoms with Crippen molar-refractivity contribution in [3.8, 4) is 0 Å². The first kappa shape index (κ1) is 23.4. The second-order valence-corrected chi connectivity index (χ2v) is 7.28. The van der Waals surface area contributed by atoms with Crippen molar-refractivity contribution in [2.75, 3.05) is 13.1 Å². The predicted molar refractivity (Wildman–Crippen MR) is 123 cm³/mol. The highest BCUT2D eigenvalue weighted by Gasteiger charge is 2.14. The molecule has 0 aliphatic heterocycles. The van der Waals surface area contributed by atoms with E-state index >= 15 is 0 Å². The molecule has 2 aromatic rings. The van der Waals surface area contributed by atoms with Gasteiger partial charge in [0.05, 0.1) is 18.3 Å². The molecular weight excluding hydrogens is 451 g/mol. The molecule has 1 unspecified atom stereocenters. The molecule has 1 heterocycles. The fraction of sp³-hybridized carbons (Fsp3) is 0.429. The van der Waals surface area contributed by atoms with Crippen LogP contribution in [0.15, 0.2) is 53.7 Å². The van der Waals surface area contributed by atoms with Gasteiger partial charge < -0.3 is 15.7 Å². The van der Waals surface area contributed by atoms with Crippen LogP contribution in [-0.2, 0) is 12.0 Å². The molecule has 0 aliphatic carbocycles.